The summed E-state index contributed by atoms with van der Waals surface area (Å²) in [4.78, 5) is 23.9. The highest BCUT2D eigenvalue weighted by Gasteiger charge is 2.48. The van der Waals surface area contributed by atoms with E-state index in [2.05, 4.69) is 27.7 Å². The fraction of sp³-hybridized carbons (Fsp3) is 0.955. The molecule has 2 saturated heterocycles. The van der Waals surface area contributed by atoms with Gasteiger partial charge in [0.2, 0.25) is 6.04 Å². The zero-order chi connectivity index (χ0) is 20.0. The lowest BCUT2D eigenvalue weighted by atomic mass is 9.64. The van der Waals surface area contributed by atoms with Crippen molar-refractivity contribution in [3.63, 3.8) is 0 Å². The van der Waals surface area contributed by atoms with Crippen molar-refractivity contribution in [3.05, 3.63) is 10.1 Å². The van der Waals surface area contributed by atoms with Crippen molar-refractivity contribution < 1.29 is 14.5 Å². The summed E-state index contributed by atoms with van der Waals surface area (Å²) < 4.78 is 6.19. The van der Waals surface area contributed by atoms with Gasteiger partial charge >= 0.3 is 0 Å². The summed E-state index contributed by atoms with van der Waals surface area (Å²) in [7, 11) is 0. The van der Waals surface area contributed by atoms with E-state index in [1.807, 2.05) is 0 Å². The summed E-state index contributed by atoms with van der Waals surface area (Å²) >= 11 is 0. The SMILES string of the molecule is CCCCCCCC(CCC(=O)C1OC2CCC1CC2C(C)(C)C)[N+](=O)[O-]. The van der Waals surface area contributed by atoms with E-state index in [0.717, 1.165) is 38.5 Å². The van der Waals surface area contributed by atoms with E-state index in [-0.39, 0.29) is 34.8 Å². The molecular weight excluding hydrogens is 342 g/mol. The number of hydrogen-bond donors (Lipinski definition) is 0. The maximum absolute atomic E-state index is 12.7. The van der Waals surface area contributed by atoms with Gasteiger partial charge in [-0.3, -0.25) is 14.9 Å². The van der Waals surface area contributed by atoms with E-state index >= 15 is 0 Å². The van der Waals surface area contributed by atoms with E-state index in [1.54, 1.807) is 0 Å². The molecule has 5 unspecified atom stereocenters. The van der Waals surface area contributed by atoms with Crippen molar-refractivity contribution in [1.82, 2.24) is 0 Å². The first-order chi connectivity index (χ1) is 12.7. The summed E-state index contributed by atoms with van der Waals surface area (Å²) in [6.07, 6.45) is 9.71. The molecule has 156 valence electrons. The molecule has 3 fully saturated rings. The van der Waals surface area contributed by atoms with E-state index in [0.29, 0.717) is 24.7 Å². The average molecular weight is 382 g/mol. The van der Waals surface area contributed by atoms with Crippen molar-refractivity contribution in [2.45, 2.75) is 117 Å². The maximum Gasteiger partial charge on any atom is 0.213 e. The number of carbonyl (C=O) groups excluding carboxylic acids is 1. The van der Waals surface area contributed by atoms with Crippen molar-refractivity contribution in [2.75, 3.05) is 0 Å². The van der Waals surface area contributed by atoms with Crippen LogP contribution in [0, 0.1) is 27.4 Å². The highest BCUT2D eigenvalue weighted by molar-refractivity contribution is 5.83. The third kappa shape index (κ3) is 6.27. The second kappa shape index (κ2) is 9.99. The lowest BCUT2D eigenvalue weighted by Gasteiger charge is -2.51. The van der Waals surface area contributed by atoms with Gasteiger partial charge in [-0.1, -0.05) is 53.4 Å². The van der Waals surface area contributed by atoms with Gasteiger partial charge in [0.15, 0.2) is 5.78 Å². The van der Waals surface area contributed by atoms with Crippen LogP contribution >= 0.6 is 0 Å². The molecule has 0 radical (unpaired) electrons. The van der Waals surface area contributed by atoms with E-state index < -0.39 is 6.04 Å². The minimum absolute atomic E-state index is 0.0925. The van der Waals surface area contributed by atoms with Crippen molar-refractivity contribution >= 4 is 5.78 Å². The lowest BCUT2D eigenvalue weighted by Crippen LogP contribution is -2.53. The molecular formula is C22H39NO4. The van der Waals surface area contributed by atoms with Gasteiger partial charge in [0.1, 0.15) is 6.10 Å². The summed E-state index contributed by atoms with van der Waals surface area (Å²) in [5.74, 6) is 0.902. The van der Waals surface area contributed by atoms with Crippen LogP contribution in [0.3, 0.4) is 0 Å². The minimum Gasteiger partial charge on any atom is -0.367 e. The molecule has 3 aliphatic rings. The van der Waals surface area contributed by atoms with Crippen LogP contribution < -0.4 is 0 Å². The Hall–Kier alpha value is -0.970. The quantitative estimate of drug-likeness (QED) is 0.266. The first-order valence-electron chi connectivity index (χ1n) is 11.1. The Morgan fingerprint density at radius 2 is 1.85 bits per heavy atom. The molecule has 0 amide bonds. The standard InChI is InChI=1S/C22H39NO4/c1-5-6-7-8-9-10-17(23(25)26)12-13-19(24)21-16-11-14-20(27-21)18(15-16)22(2,3)4/h16-18,20-21H,5-15H2,1-4H3. The summed E-state index contributed by atoms with van der Waals surface area (Å²) in [5, 5.41) is 11.4. The highest BCUT2D eigenvalue weighted by atomic mass is 16.6. The number of fused-ring (bicyclic) bond motifs is 3. The van der Waals surface area contributed by atoms with E-state index in [4.69, 9.17) is 4.74 Å². The number of ether oxygens (including phenoxy) is 1. The second-order valence-electron chi connectivity index (χ2n) is 9.79. The Labute approximate surface area is 164 Å². The van der Waals surface area contributed by atoms with Crippen LogP contribution in [0.15, 0.2) is 0 Å². The third-order valence-corrected chi connectivity index (χ3v) is 6.67. The van der Waals surface area contributed by atoms with Gasteiger partial charge < -0.3 is 4.74 Å². The maximum atomic E-state index is 12.7. The summed E-state index contributed by atoms with van der Waals surface area (Å²) in [6, 6.07) is -0.585. The number of nitro groups is 1. The van der Waals surface area contributed by atoms with Gasteiger partial charge in [-0.25, -0.2) is 0 Å². The van der Waals surface area contributed by atoms with Gasteiger partial charge in [0.05, 0.1) is 6.10 Å². The van der Waals surface area contributed by atoms with Crippen molar-refractivity contribution in [3.8, 4) is 0 Å². The molecule has 27 heavy (non-hydrogen) atoms. The molecule has 2 bridgehead atoms. The van der Waals surface area contributed by atoms with Crippen molar-refractivity contribution in [1.29, 1.82) is 0 Å². The Bertz CT molecular complexity index is 499. The lowest BCUT2D eigenvalue weighted by molar-refractivity contribution is -0.524. The molecule has 1 saturated carbocycles. The van der Waals surface area contributed by atoms with E-state index in [9.17, 15) is 14.9 Å². The molecule has 5 atom stereocenters. The highest BCUT2D eigenvalue weighted by Crippen LogP contribution is 2.48. The smallest absolute Gasteiger partial charge is 0.213 e. The first-order valence-corrected chi connectivity index (χ1v) is 11.1. The van der Waals surface area contributed by atoms with Crippen molar-refractivity contribution in [2.24, 2.45) is 17.3 Å². The number of Topliss-reactive ketones (excluding diaryl/α,β-unsaturated/α-hetero) is 1. The van der Waals surface area contributed by atoms with Crippen LogP contribution in [-0.2, 0) is 9.53 Å². The van der Waals surface area contributed by atoms with Crippen LogP contribution in [0.4, 0.5) is 0 Å². The van der Waals surface area contributed by atoms with Crippen LogP contribution in [-0.4, -0.2) is 29.0 Å². The van der Waals surface area contributed by atoms with Gasteiger partial charge in [0.25, 0.3) is 0 Å². The molecule has 0 spiro atoms. The number of unbranched alkanes of at least 4 members (excludes halogenated alkanes) is 4. The average Bonchev–Trinajstić information content (AvgIpc) is 2.63. The topological polar surface area (TPSA) is 69.4 Å². The van der Waals surface area contributed by atoms with Crippen LogP contribution in [0.5, 0.6) is 0 Å². The third-order valence-electron chi connectivity index (χ3n) is 6.67. The first kappa shape index (κ1) is 22.3. The molecule has 2 aliphatic heterocycles. The minimum atomic E-state index is -0.585. The fourth-order valence-electron chi connectivity index (χ4n) is 4.95. The zero-order valence-corrected chi connectivity index (χ0v) is 17.7. The molecule has 5 nitrogen and oxygen atoms in total. The normalized spacial score (nSPS) is 28.9. The molecule has 5 heteroatoms. The largest absolute Gasteiger partial charge is 0.367 e. The number of hydrogen-bond acceptors (Lipinski definition) is 4. The van der Waals surface area contributed by atoms with Gasteiger partial charge in [-0.05, 0) is 42.9 Å². The number of rotatable bonds is 11. The summed E-state index contributed by atoms with van der Waals surface area (Å²) in [6.45, 7) is 8.91. The summed E-state index contributed by atoms with van der Waals surface area (Å²) in [5.41, 5.74) is 0.200. The Kier molecular flexibility index (Phi) is 8.26. The molecule has 0 aromatic rings. The number of nitrogens with zero attached hydrogens (tertiary/aromatic N) is 1. The van der Waals surface area contributed by atoms with Gasteiger partial charge in [0, 0.05) is 24.2 Å². The second-order valence-corrected chi connectivity index (χ2v) is 9.79. The monoisotopic (exact) mass is 381 g/mol. The van der Waals surface area contributed by atoms with E-state index in [1.165, 1.54) is 12.8 Å². The molecule has 0 aromatic carbocycles. The van der Waals surface area contributed by atoms with Crippen LogP contribution in [0.1, 0.15) is 98.3 Å². The van der Waals surface area contributed by atoms with Gasteiger partial charge in [-0.15, -0.1) is 0 Å². The Morgan fingerprint density at radius 1 is 1.15 bits per heavy atom. The van der Waals surface area contributed by atoms with Crippen LogP contribution in [0.25, 0.3) is 0 Å². The zero-order valence-electron chi connectivity index (χ0n) is 17.7. The Balaban J connectivity index is 1.80. The molecule has 2 heterocycles. The molecule has 0 N–H and O–H groups in total. The van der Waals surface area contributed by atoms with Gasteiger partial charge in [-0.2, -0.15) is 0 Å². The fourth-order valence-corrected chi connectivity index (χ4v) is 4.95. The number of ketones is 1. The Morgan fingerprint density at radius 3 is 2.41 bits per heavy atom. The molecule has 3 rings (SSSR count). The predicted octanol–water partition coefficient (Wildman–Crippen LogP) is 5.57. The molecule has 1 aliphatic carbocycles. The predicted molar refractivity (Wildman–Crippen MR) is 107 cm³/mol. The number of carbonyl (C=O) groups is 1. The molecule has 0 aromatic heterocycles. The van der Waals surface area contributed by atoms with Crippen LogP contribution in [0.2, 0.25) is 0 Å².